The van der Waals surface area contributed by atoms with E-state index in [-0.39, 0.29) is 0 Å². The van der Waals surface area contributed by atoms with Crippen molar-refractivity contribution >= 4 is 43.6 Å². The number of nitrogens with zero attached hydrogens (tertiary/aromatic N) is 8. The fourth-order valence-electron chi connectivity index (χ4n) is 12.1. The van der Waals surface area contributed by atoms with E-state index in [1.807, 2.05) is 146 Å². The van der Waals surface area contributed by atoms with E-state index in [1.54, 1.807) is 0 Å². The molecule has 3 heterocycles. The van der Waals surface area contributed by atoms with Crippen molar-refractivity contribution in [3.63, 3.8) is 0 Å². The van der Waals surface area contributed by atoms with Crippen LogP contribution < -0.4 is 0 Å². The molecule has 14 rings (SSSR count). The molecule has 8 nitrogen and oxygen atoms in total. The second-order valence-electron chi connectivity index (χ2n) is 20.6. The van der Waals surface area contributed by atoms with Crippen molar-refractivity contribution in [3.8, 4) is 120 Å². The first-order chi connectivity index (χ1) is 41.4. The van der Waals surface area contributed by atoms with Gasteiger partial charge in [-0.2, -0.15) is 26.3 Å². The minimum absolute atomic E-state index is 0.410. The number of hydrogen-bond acceptors (Lipinski definition) is 6. The second-order valence-corrected chi connectivity index (χ2v) is 20.6. The van der Waals surface area contributed by atoms with Crippen LogP contribution in [0.1, 0.15) is 27.8 Å². The molecular weight excluding hydrogens is 1020 g/mol. The molecule has 0 unspecified atom stereocenters. The largest absolute Gasteiger partial charge is 0.308 e. The van der Waals surface area contributed by atoms with Gasteiger partial charge in [-0.3, -0.25) is 0 Å². The minimum Gasteiger partial charge on any atom is -0.308 e. The Morgan fingerprint density at radius 3 is 0.857 bits per heavy atom. The summed E-state index contributed by atoms with van der Waals surface area (Å²) in [6.45, 7) is 0. The SMILES string of the molecule is N#Cc1cc(-n2c3ccc(-c4ccccc4C#N)cc3c3cc(-c4ccccc4C#N)ccc32)c(-c2cc(-c3ccccc3)nc(-c3ccccc3)c2)c(-n2c3ccc(-c4ccccc4C#N)cc3c3cc(-c4ccccc4C#N)ccc32)c1. The van der Waals surface area contributed by atoms with Crippen molar-refractivity contribution in [2.75, 3.05) is 0 Å². The predicted octanol–water partition coefficient (Wildman–Crippen LogP) is 18.3. The Morgan fingerprint density at radius 1 is 0.262 bits per heavy atom. The highest BCUT2D eigenvalue weighted by molar-refractivity contribution is 6.15. The molecule has 8 heteroatoms. The van der Waals surface area contributed by atoms with Crippen LogP contribution >= 0.6 is 0 Å². The lowest BCUT2D eigenvalue weighted by atomic mass is 9.95. The molecule has 0 aliphatic rings. The van der Waals surface area contributed by atoms with Crippen molar-refractivity contribution in [1.82, 2.24) is 14.1 Å². The van der Waals surface area contributed by atoms with Crippen LogP contribution in [0.2, 0.25) is 0 Å². The fourth-order valence-corrected chi connectivity index (χ4v) is 12.1. The fraction of sp³-hybridized carbons (Fsp3) is 0. The summed E-state index contributed by atoms with van der Waals surface area (Å²) in [5.74, 6) is 0. The summed E-state index contributed by atoms with van der Waals surface area (Å²) in [5.41, 5.74) is 19.1. The normalized spacial score (nSPS) is 11.0. The topological polar surface area (TPSA) is 142 Å². The molecule has 0 radical (unpaired) electrons. The van der Waals surface area contributed by atoms with Gasteiger partial charge in [0.05, 0.1) is 103 Å². The molecule has 0 fully saturated rings. The zero-order chi connectivity index (χ0) is 56.8. The molecular formula is C76H42N8. The van der Waals surface area contributed by atoms with E-state index in [0.717, 1.165) is 133 Å². The molecule has 0 aliphatic heterocycles. The number of benzene rings is 11. The Bertz CT molecular complexity index is 4720. The predicted molar refractivity (Wildman–Crippen MR) is 335 cm³/mol. The molecule has 0 amide bonds. The Morgan fingerprint density at radius 2 is 0.560 bits per heavy atom. The van der Waals surface area contributed by atoms with Gasteiger partial charge in [-0.25, -0.2) is 4.98 Å². The summed E-state index contributed by atoms with van der Waals surface area (Å²) >= 11 is 0. The third-order valence-corrected chi connectivity index (χ3v) is 15.9. The van der Waals surface area contributed by atoms with Gasteiger partial charge in [0.1, 0.15) is 0 Å². The monoisotopic (exact) mass is 1070 g/mol. The van der Waals surface area contributed by atoms with Crippen LogP contribution in [-0.2, 0) is 0 Å². The summed E-state index contributed by atoms with van der Waals surface area (Å²) in [5, 5.41) is 56.6. The maximum absolute atomic E-state index is 11.4. The number of fused-ring (bicyclic) bond motifs is 6. The van der Waals surface area contributed by atoms with Gasteiger partial charge in [-0.1, -0.05) is 158 Å². The number of aromatic nitrogens is 3. The van der Waals surface area contributed by atoms with Crippen molar-refractivity contribution in [2.24, 2.45) is 0 Å². The van der Waals surface area contributed by atoms with Crippen LogP contribution in [-0.4, -0.2) is 14.1 Å². The van der Waals surface area contributed by atoms with Gasteiger partial charge >= 0.3 is 0 Å². The van der Waals surface area contributed by atoms with Crippen LogP contribution in [0.15, 0.2) is 255 Å². The first kappa shape index (κ1) is 49.9. The second kappa shape index (κ2) is 20.7. The average molecular weight is 1070 g/mol. The maximum atomic E-state index is 11.4. The van der Waals surface area contributed by atoms with Crippen molar-refractivity contribution in [2.45, 2.75) is 0 Å². The third kappa shape index (κ3) is 8.39. The van der Waals surface area contributed by atoms with Crippen molar-refractivity contribution in [1.29, 1.82) is 26.3 Å². The standard InChI is InChI=1S/C76H42N8/c77-43-48-35-74(83-70-31-27-51(60-23-11-7-19-55(60)44-78)37-64(70)65-38-52(28-32-71(65)83)61-24-12-8-20-56(61)45-79)76(59-41-68(49-15-3-1-4-16-49)82-69(42-59)50-17-5-2-6-18-50)75(36-48)84-72-33-29-53(62-25-13-9-21-57(62)46-80)39-66(72)67-40-54(30-34-73(67)84)63-26-14-10-22-58(63)47-81/h1-42H. The van der Waals surface area contributed by atoms with E-state index >= 15 is 0 Å². The van der Waals surface area contributed by atoms with E-state index in [0.29, 0.717) is 27.8 Å². The van der Waals surface area contributed by atoms with Crippen LogP contribution in [0, 0.1) is 56.7 Å². The summed E-state index contributed by atoms with van der Waals surface area (Å²) < 4.78 is 4.49. The van der Waals surface area contributed by atoms with Crippen molar-refractivity contribution < 1.29 is 0 Å². The van der Waals surface area contributed by atoms with Gasteiger partial charge in [-0.05, 0) is 147 Å². The molecule has 84 heavy (non-hydrogen) atoms. The molecule has 0 N–H and O–H groups in total. The van der Waals surface area contributed by atoms with Crippen molar-refractivity contribution in [3.05, 3.63) is 283 Å². The van der Waals surface area contributed by atoms with Crippen LogP contribution in [0.25, 0.3) is 133 Å². The number of pyridine rings is 1. The average Bonchev–Trinajstić information content (AvgIpc) is 3.75. The Labute approximate surface area is 484 Å². The van der Waals surface area contributed by atoms with Crippen LogP contribution in [0.4, 0.5) is 0 Å². The van der Waals surface area contributed by atoms with Gasteiger partial charge in [0, 0.05) is 38.2 Å². The molecule has 0 saturated heterocycles. The first-order valence-corrected chi connectivity index (χ1v) is 27.3. The lowest BCUT2D eigenvalue weighted by molar-refractivity contribution is 1.13. The van der Waals surface area contributed by atoms with Gasteiger partial charge < -0.3 is 9.13 Å². The highest BCUT2D eigenvalue weighted by atomic mass is 15.0. The smallest absolute Gasteiger partial charge is 0.0998 e. The van der Waals surface area contributed by atoms with E-state index < -0.39 is 0 Å². The van der Waals surface area contributed by atoms with E-state index in [1.165, 1.54) is 0 Å². The molecule has 0 atom stereocenters. The highest BCUT2D eigenvalue weighted by Crippen LogP contribution is 2.47. The third-order valence-electron chi connectivity index (χ3n) is 15.9. The summed E-state index contributed by atoms with van der Waals surface area (Å²) in [6, 6.07) is 96.3. The van der Waals surface area contributed by atoms with E-state index in [2.05, 4.69) is 149 Å². The summed E-state index contributed by atoms with van der Waals surface area (Å²) in [7, 11) is 0. The van der Waals surface area contributed by atoms with E-state index in [9.17, 15) is 26.3 Å². The number of hydrogen-bond donors (Lipinski definition) is 0. The van der Waals surface area contributed by atoms with Gasteiger partial charge in [0.2, 0.25) is 0 Å². The molecule has 0 aliphatic carbocycles. The Kier molecular flexibility index (Phi) is 12.3. The van der Waals surface area contributed by atoms with E-state index in [4.69, 9.17) is 4.98 Å². The summed E-state index contributed by atoms with van der Waals surface area (Å²) in [4.78, 5) is 5.37. The number of nitriles is 5. The Hall–Kier alpha value is -12.4. The zero-order valence-corrected chi connectivity index (χ0v) is 44.8. The van der Waals surface area contributed by atoms with Crippen LogP contribution in [0.3, 0.4) is 0 Å². The zero-order valence-electron chi connectivity index (χ0n) is 44.8. The highest BCUT2D eigenvalue weighted by Gasteiger charge is 2.26. The van der Waals surface area contributed by atoms with Gasteiger partial charge in [-0.15, -0.1) is 0 Å². The molecule has 11 aromatic carbocycles. The molecule has 0 saturated carbocycles. The summed E-state index contributed by atoms with van der Waals surface area (Å²) in [6.07, 6.45) is 0. The molecule has 14 aromatic rings. The molecule has 0 bridgehead atoms. The van der Waals surface area contributed by atoms with Gasteiger partial charge in [0.15, 0.2) is 0 Å². The quantitative estimate of drug-likeness (QED) is 0.141. The molecule has 0 spiro atoms. The Balaban J connectivity index is 1.15. The minimum atomic E-state index is 0.410. The lowest BCUT2D eigenvalue weighted by Crippen LogP contribution is -2.06. The van der Waals surface area contributed by atoms with Gasteiger partial charge in [0.25, 0.3) is 0 Å². The lowest BCUT2D eigenvalue weighted by Gasteiger charge is -2.22. The first-order valence-electron chi connectivity index (χ1n) is 27.3. The molecule has 3 aromatic heterocycles. The molecule has 386 valence electrons. The number of rotatable bonds is 9. The van der Waals surface area contributed by atoms with Crippen LogP contribution in [0.5, 0.6) is 0 Å². The maximum Gasteiger partial charge on any atom is 0.0998 e.